The summed E-state index contributed by atoms with van der Waals surface area (Å²) >= 11 is 0. The molecule has 0 aliphatic rings. The van der Waals surface area contributed by atoms with Crippen molar-refractivity contribution in [1.82, 2.24) is 5.32 Å². The largest absolute Gasteiger partial charge is 0.459 e. The Bertz CT molecular complexity index is 653. The summed E-state index contributed by atoms with van der Waals surface area (Å²) in [7, 11) is 0. The first-order valence-electron chi connectivity index (χ1n) is 8.12. The number of nitrogens with one attached hydrogen (secondary N) is 1. The maximum Gasteiger partial charge on any atom is 0.328 e. The van der Waals surface area contributed by atoms with E-state index < -0.39 is 12.0 Å². The Kier molecular flexibility index (Phi) is 6.55. The van der Waals surface area contributed by atoms with Gasteiger partial charge >= 0.3 is 5.97 Å². The number of carbonyl (C=O) groups is 2. The minimum atomic E-state index is -0.651. The Balaban J connectivity index is 1.99. The van der Waals surface area contributed by atoms with Crippen LogP contribution in [0.4, 0.5) is 0 Å². The zero-order valence-corrected chi connectivity index (χ0v) is 14.1. The third kappa shape index (κ3) is 5.54. The molecule has 0 aliphatic carbocycles. The predicted octanol–water partition coefficient (Wildman–Crippen LogP) is 3.57. The van der Waals surface area contributed by atoms with Gasteiger partial charge in [-0.1, -0.05) is 62.4 Å². The van der Waals surface area contributed by atoms with Gasteiger partial charge in [-0.2, -0.15) is 0 Å². The van der Waals surface area contributed by atoms with Crippen LogP contribution < -0.4 is 5.32 Å². The molecule has 1 atom stereocenters. The quantitative estimate of drug-likeness (QED) is 0.792. The van der Waals surface area contributed by atoms with E-state index in [1.165, 1.54) is 0 Å². The standard InChI is InChI=1S/C20H23NO3/c1-15(2)13-18(21-19(22)17-11-7-4-8-12-17)20(23)24-14-16-9-5-3-6-10-16/h3-12,15,18H,13-14H2,1-2H3,(H,21,22). The molecule has 0 fully saturated rings. The molecule has 2 aromatic rings. The lowest BCUT2D eigenvalue weighted by Gasteiger charge is -2.19. The summed E-state index contributed by atoms with van der Waals surface area (Å²) in [5.41, 5.74) is 1.45. The van der Waals surface area contributed by atoms with E-state index in [9.17, 15) is 9.59 Å². The minimum Gasteiger partial charge on any atom is -0.459 e. The summed E-state index contributed by atoms with van der Waals surface area (Å²) in [6.45, 7) is 4.22. The monoisotopic (exact) mass is 325 g/mol. The smallest absolute Gasteiger partial charge is 0.328 e. The van der Waals surface area contributed by atoms with Crippen molar-refractivity contribution < 1.29 is 14.3 Å². The van der Waals surface area contributed by atoms with Crippen LogP contribution in [-0.4, -0.2) is 17.9 Å². The van der Waals surface area contributed by atoms with Gasteiger partial charge in [-0.25, -0.2) is 4.79 Å². The second kappa shape index (κ2) is 8.87. The number of hydrogen-bond acceptors (Lipinski definition) is 3. The summed E-state index contributed by atoms with van der Waals surface area (Å²) in [4.78, 5) is 24.7. The fourth-order valence-electron chi connectivity index (χ4n) is 2.35. The molecule has 0 bridgehead atoms. The molecule has 1 N–H and O–H groups in total. The average Bonchev–Trinajstić information content (AvgIpc) is 2.60. The van der Waals surface area contributed by atoms with E-state index in [4.69, 9.17) is 4.74 Å². The highest BCUT2D eigenvalue weighted by atomic mass is 16.5. The summed E-state index contributed by atoms with van der Waals surface area (Å²) < 4.78 is 5.37. The SMILES string of the molecule is CC(C)CC(NC(=O)c1ccccc1)C(=O)OCc1ccccc1. The van der Waals surface area contributed by atoms with Crippen molar-refractivity contribution in [2.75, 3.05) is 0 Å². The van der Waals surface area contributed by atoms with E-state index in [1.807, 2.05) is 50.2 Å². The van der Waals surface area contributed by atoms with E-state index in [0.717, 1.165) is 5.56 Å². The van der Waals surface area contributed by atoms with Crippen molar-refractivity contribution in [2.24, 2.45) is 5.92 Å². The minimum absolute atomic E-state index is 0.204. The molecule has 4 heteroatoms. The number of ether oxygens (including phenoxy) is 1. The van der Waals surface area contributed by atoms with Gasteiger partial charge in [0.25, 0.3) is 5.91 Å². The molecule has 0 saturated carbocycles. The molecule has 2 rings (SSSR count). The Morgan fingerprint density at radius 2 is 1.54 bits per heavy atom. The number of hydrogen-bond donors (Lipinski definition) is 1. The van der Waals surface area contributed by atoms with E-state index in [0.29, 0.717) is 12.0 Å². The lowest BCUT2D eigenvalue weighted by molar-refractivity contribution is -0.147. The molecule has 0 spiro atoms. The van der Waals surface area contributed by atoms with Crippen LogP contribution >= 0.6 is 0 Å². The summed E-state index contributed by atoms with van der Waals surface area (Å²) in [6.07, 6.45) is 0.534. The highest BCUT2D eigenvalue weighted by Gasteiger charge is 2.24. The normalized spacial score (nSPS) is 11.8. The fraction of sp³-hybridized carbons (Fsp3) is 0.300. The summed E-state index contributed by atoms with van der Waals surface area (Å²) in [6, 6.07) is 17.7. The highest BCUT2D eigenvalue weighted by Crippen LogP contribution is 2.10. The molecular weight excluding hydrogens is 302 g/mol. The Morgan fingerprint density at radius 1 is 0.958 bits per heavy atom. The first kappa shape index (κ1) is 17.7. The second-order valence-corrected chi connectivity index (χ2v) is 6.11. The summed E-state index contributed by atoms with van der Waals surface area (Å²) in [5, 5.41) is 2.79. The molecular formula is C20H23NO3. The zero-order valence-electron chi connectivity index (χ0n) is 14.1. The molecule has 1 unspecified atom stereocenters. The summed E-state index contributed by atoms with van der Waals surface area (Å²) in [5.74, 6) is -0.412. The lowest BCUT2D eigenvalue weighted by atomic mass is 10.0. The van der Waals surface area contributed by atoms with E-state index >= 15 is 0 Å². The molecule has 0 aliphatic heterocycles. The van der Waals surface area contributed by atoms with Gasteiger partial charge in [0.1, 0.15) is 12.6 Å². The molecule has 126 valence electrons. The lowest BCUT2D eigenvalue weighted by Crippen LogP contribution is -2.42. The van der Waals surface area contributed by atoms with Crippen LogP contribution in [0.5, 0.6) is 0 Å². The van der Waals surface area contributed by atoms with Crippen molar-refractivity contribution in [1.29, 1.82) is 0 Å². The molecule has 24 heavy (non-hydrogen) atoms. The first-order chi connectivity index (χ1) is 11.6. The molecule has 0 saturated heterocycles. The van der Waals surface area contributed by atoms with E-state index in [2.05, 4.69) is 5.32 Å². The third-order valence-electron chi connectivity index (χ3n) is 3.56. The van der Waals surface area contributed by atoms with E-state index in [-0.39, 0.29) is 18.4 Å². The number of benzene rings is 2. The molecule has 0 aromatic heterocycles. The highest BCUT2D eigenvalue weighted by molar-refractivity contribution is 5.96. The first-order valence-corrected chi connectivity index (χ1v) is 8.12. The number of amides is 1. The number of rotatable bonds is 7. The fourth-order valence-corrected chi connectivity index (χ4v) is 2.35. The topological polar surface area (TPSA) is 55.4 Å². The van der Waals surface area contributed by atoms with Crippen molar-refractivity contribution in [2.45, 2.75) is 32.9 Å². The number of carbonyl (C=O) groups excluding carboxylic acids is 2. The van der Waals surface area contributed by atoms with Gasteiger partial charge in [0.2, 0.25) is 0 Å². The van der Waals surface area contributed by atoms with Crippen molar-refractivity contribution in [3.8, 4) is 0 Å². The maximum absolute atomic E-state index is 12.4. The maximum atomic E-state index is 12.4. The number of esters is 1. The van der Waals surface area contributed by atoms with Crippen LogP contribution in [0.25, 0.3) is 0 Å². The van der Waals surface area contributed by atoms with Gasteiger partial charge in [-0.3, -0.25) is 4.79 Å². The van der Waals surface area contributed by atoms with Crippen molar-refractivity contribution >= 4 is 11.9 Å². The van der Waals surface area contributed by atoms with Crippen LogP contribution in [0.2, 0.25) is 0 Å². The van der Waals surface area contributed by atoms with Crippen molar-refractivity contribution in [3.63, 3.8) is 0 Å². The van der Waals surface area contributed by atoms with Gasteiger partial charge < -0.3 is 10.1 Å². The van der Waals surface area contributed by atoms with Gasteiger partial charge in [0, 0.05) is 5.56 Å². The Morgan fingerprint density at radius 3 is 2.12 bits per heavy atom. The molecule has 1 amide bonds. The Hall–Kier alpha value is -2.62. The third-order valence-corrected chi connectivity index (χ3v) is 3.56. The second-order valence-electron chi connectivity index (χ2n) is 6.11. The molecule has 4 nitrogen and oxygen atoms in total. The molecule has 2 aromatic carbocycles. The van der Waals surface area contributed by atoms with Gasteiger partial charge in [-0.15, -0.1) is 0 Å². The average molecular weight is 325 g/mol. The van der Waals surface area contributed by atoms with Crippen molar-refractivity contribution in [3.05, 3.63) is 71.8 Å². The van der Waals surface area contributed by atoms with Gasteiger partial charge in [0.15, 0.2) is 0 Å². The van der Waals surface area contributed by atoms with E-state index in [1.54, 1.807) is 24.3 Å². The predicted molar refractivity (Wildman–Crippen MR) is 93.4 cm³/mol. The van der Waals surface area contributed by atoms with Gasteiger partial charge in [0.05, 0.1) is 0 Å². The van der Waals surface area contributed by atoms with Crippen LogP contribution in [-0.2, 0) is 16.1 Å². The Labute approximate surface area is 142 Å². The zero-order chi connectivity index (χ0) is 17.4. The van der Waals surface area contributed by atoms with Crippen LogP contribution in [0, 0.1) is 5.92 Å². The van der Waals surface area contributed by atoms with Crippen LogP contribution in [0.15, 0.2) is 60.7 Å². The molecule has 0 radical (unpaired) electrons. The van der Waals surface area contributed by atoms with Crippen LogP contribution in [0.1, 0.15) is 36.2 Å². The molecule has 0 heterocycles. The van der Waals surface area contributed by atoms with Gasteiger partial charge in [-0.05, 0) is 30.0 Å². The van der Waals surface area contributed by atoms with Crippen LogP contribution in [0.3, 0.4) is 0 Å².